The van der Waals surface area contributed by atoms with Gasteiger partial charge in [-0.05, 0) is 27.7 Å². The SMILES string of the molecule is CCOP(=O)(OCC)C(NC(=O)CCC(=O)OCCN1CCN(N)CC1)P(=O)(OCC)OCC. The Hall–Kier alpha value is -0.880. The minimum atomic E-state index is -4.13. The van der Waals surface area contributed by atoms with Gasteiger partial charge in [0.1, 0.15) is 6.61 Å². The first-order valence-corrected chi connectivity index (χ1v) is 14.8. The molecule has 1 fully saturated rings. The summed E-state index contributed by atoms with van der Waals surface area (Å²) in [7, 11) is -8.26. The summed E-state index contributed by atoms with van der Waals surface area (Å²) < 4.78 is 53.2. The number of piperazine rings is 1. The van der Waals surface area contributed by atoms with E-state index in [1.165, 1.54) is 0 Å². The summed E-state index contributed by atoms with van der Waals surface area (Å²) >= 11 is 0. The largest absolute Gasteiger partial charge is 0.464 e. The van der Waals surface area contributed by atoms with Crippen molar-refractivity contribution in [1.82, 2.24) is 15.2 Å². The van der Waals surface area contributed by atoms with Gasteiger partial charge in [-0.15, -0.1) is 0 Å². The van der Waals surface area contributed by atoms with E-state index in [4.69, 9.17) is 28.7 Å². The molecule has 0 aromatic carbocycles. The molecule has 1 aliphatic rings. The van der Waals surface area contributed by atoms with E-state index in [1.54, 1.807) is 32.7 Å². The van der Waals surface area contributed by atoms with Gasteiger partial charge in [0.05, 0.1) is 32.8 Å². The van der Waals surface area contributed by atoms with Crippen LogP contribution in [0.4, 0.5) is 0 Å². The third-order valence-corrected chi connectivity index (χ3v) is 10.4. The van der Waals surface area contributed by atoms with Gasteiger partial charge in [0, 0.05) is 39.1 Å². The minimum absolute atomic E-state index is 0.0193. The second-order valence-corrected chi connectivity index (χ2v) is 11.9. The van der Waals surface area contributed by atoms with Gasteiger partial charge in [0.2, 0.25) is 11.4 Å². The summed E-state index contributed by atoms with van der Waals surface area (Å²) in [6.45, 7) is 10.1. The highest BCUT2D eigenvalue weighted by Crippen LogP contribution is 2.69. The van der Waals surface area contributed by atoms with Crippen LogP contribution >= 0.6 is 15.2 Å². The van der Waals surface area contributed by atoms with Gasteiger partial charge in [-0.3, -0.25) is 29.5 Å². The third-order valence-electron chi connectivity index (χ3n) is 4.76. The quantitative estimate of drug-likeness (QED) is 0.160. The molecule has 1 aliphatic heterocycles. The molecule has 13 nitrogen and oxygen atoms in total. The van der Waals surface area contributed by atoms with Crippen LogP contribution < -0.4 is 11.2 Å². The van der Waals surface area contributed by atoms with Crippen LogP contribution in [-0.2, 0) is 41.6 Å². The minimum Gasteiger partial charge on any atom is -0.464 e. The molecule has 0 atom stereocenters. The molecule has 34 heavy (non-hydrogen) atoms. The number of esters is 1. The number of carbonyl (C=O) groups is 2. The number of nitrogens with two attached hydrogens (primary N) is 1. The highest BCUT2D eigenvalue weighted by molar-refractivity contribution is 7.72. The molecule has 0 radical (unpaired) electrons. The molecule has 1 heterocycles. The third kappa shape index (κ3) is 10.4. The highest BCUT2D eigenvalue weighted by Gasteiger charge is 2.52. The second kappa shape index (κ2) is 16.0. The molecule has 0 bridgehead atoms. The Bertz CT molecular complexity index is 670. The predicted molar refractivity (Wildman–Crippen MR) is 126 cm³/mol. The molecule has 15 heteroatoms. The lowest BCUT2D eigenvalue weighted by atomic mass is 10.3. The average Bonchev–Trinajstić information content (AvgIpc) is 2.78. The fraction of sp³-hybridized carbons (Fsp3) is 0.895. The number of nitrogens with zero attached hydrogens (tertiary/aromatic N) is 2. The Morgan fingerprint density at radius 3 is 1.76 bits per heavy atom. The number of amides is 1. The predicted octanol–water partition coefficient (Wildman–Crippen LogP) is 1.73. The maximum Gasteiger partial charge on any atom is 0.365 e. The molecular weight excluding hydrogens is 490 g/mol. The molecule has 1 rings (SSSR count). The summed E-state index contributed by atoms with van der Waals surface area (Å²) in [6, 6.07) is 0. The van der Waals surface area contributed by atoms with Crippen LogP contribution in [0, 0.1) is 0 Å². The number of hydrogen-bond donors (Lipinski definition) is 2. The number of ether oxygens (including phenoxy) is 1. The molecule has 0 saturated carbocycles. The maximum atomic E-state index is 13.4. The molecule has 0 unspecified atom stereocenters. The van der Waals surface area contributed by atoms with E-state index >= 15 is 0 Å². The lowest BCUT2D eigenvalue weighted by Crippen LogP contribution is -2.50. The monoisotopic (exact) mass is 530 g/mol. The van der Waals surface area contributed by atoms with Crippen molar-refractivity contribution in [3.8, 4) is 0 Å². The Labute approximate surface area is 201 Å². The van der Waals surface area contributed by atoms with Crippen LogP contribution in [-0.4, -0.2) is 93.1 Å². The number of hydrazine groups is 1. The lowest BCUT2D eigenvalue weighted by Gasteiger charge is -2.31. The van der Waals surface area contributed by atoms with Crippen molar-refractivity contribution in [3.05, 3.63) is 0 Å². The number of nitrogens with one attached hydrogen (secondary N) is 1. The standard InChI is InChI=1S/C19H40N4O9P2/c1-5-29-33(26,30-6-2)19(34(27,31-7-3)32-8-4)21-17(24)9-10-18(25)28-16-15-22-11-13-23(20)14-12-22/h19H,5-16,20H2,1-4H3,(H,21,24). The molecule has 0 spiro atoms. The zero-order chi connectivity index (χ0) is 25.6. The molecule has 3 N–H and O–H groups in total. The lowest BCUT2D eigenvalue weighted by molar-refractivity contribution is -0.145. The van der Waals surface area contributed by atoms with Gasteiger partial charge >= 0.3 is 21.2 Å². The fourth-order valence-corrected chi connectivity index (χ4v) is 8.13. The van der Waals surface area contributed by atoms with E-state index in [0.29, 0.717) is 6.54 Å². The van der Waals surface area contributed by atoms with Gasteiger partial charge in [-0.1, -0.05) is 0 Å². The number of carbonyl (C=O) groups excluding carboxylic acids is 2. The van der Waals surface area contributed by atoms with Gasteiger partial charge in [0.25, 0.3) is 0 Å². The summed E-state index contributed by atoms with van der Waals surface area (Å²) in [5.74, 6) is 4.46. The van der Waals surface area contributed by atoms with E-state index in [9.17, 15) is 18.7 Å². The Balaban J connectivity index is 2.72. The average molecular weight is 530 g/mol. The van der Waals surface area contributed by atoms with Crippen LogP contribution in [0.15, 0.2) is 0 Å². The van der Waals surface area contributed by atoms with Gasteiger partial charge in [0.15, 0.2) is 0 Å². The van der Waals surface area contributed by atoms with Crippen LogP contribution in [0.2, 0.25) is 0 Å². The molecule has 0 aliphatic carbocycles. The molecule has 1 saturated heterocycles. The van der Waals surface area contributed by atoms with Crippen molar-refractivity contribution in [2.24, 2.45) is 5.84 Å². The molecule has 0 aromatic heterocycles. The summed E-state index contributed by atoms with van der Waals surface area (Å²) in [6.07, 6.45) is -0.492. The van der Waals surface area contributed by atoms with Gasteiger partial charge in [-0.2, -0.15) is 0 Å². The van der Waals surface area contributed by atoms with E-state index in [-0.39, 0.29) is 45.9 Å². The fourth-order valence-electron chi connectivity index (χ4n) is 3.19. The first kappa shape index (κ1) is 31.2. The Morgan fingerprint density at radius 2 is 1.32 bits per heavy atom. The van der Waals surface area contributed by atoms with Crippen LogP contribution in [0.1, 0.15) is 40.5 Å². The van der Waals surface area contributed by atoms with Gasteiger partial charge in [-0.25, -0.2) is 5.01 Å². The molecule has 200 valence electrons. The molecular formula is C19H40N4O9P2. The topological polar surface area (TPSA) is 159 Å². The Kier molecular flexibility index (Phi) is 14.6. The number of rotatable bonds is 17. The smallest absolute Gasteiger partial charge is 0.365 e. The maximum absolute atomic E-state index is 13.4. The normalized spacial score (nSPS) is 16.1. The van der Waals surface area contributed by atoms with E-state index in [0.717, 1.165) is 26.2 Å². The van der Waals surface area contributed by atoms with Crippen molar-refractivity contribution < 1.29 is 41.6 Å². The van der Waals surface area contributed by atoms with Crippen molar-refractivity contribution in [1.29, 1.82) is 0 Å². The van der Waals surface area contributed by atoms with Crippen LogP contribution in [0.5, 0.6) is 0 Å². The van der Waals surface area contributed by atoms with Gasteiger partial charge < -0.3 is 28.1 Å². The first-order valence-electron chi connectivity index (χ1n) is 11.6. The summed E-state index contributed by atoms with van der Waals surface area (Å²) in [4.78, 5) is 26.8. The summed E-state index contributed by atoms with van der Waals surface area (Å²) in [5, 5.41) is 4.14. The Morgan fingerprint density at radius 1 is 0.853 bits per heavy atom. The highest BCUT2D eigenvalue weighted by atomic mass is 31.2. The van der Waals surface area contributed by atoms with Crippen LogP contribution in [0.25, 0.3) is 0 Å². The van der Waals surface area contributed by atoms with Crippen LogP contribution in [0.3, 0.4) is 0 Å². The second-order valence-electron chi connectivity index (χ2n) is 7.29. The van der Waals surface area contributed by atoms with Crippen molar-refractivity contribution in [2.45, 2.75) is 46.1 Å². The van der Waals surface area contributed by atoms with E-state index in [2.05, 4.69) is 10.2 Å². The van der Waals surface area contributed by atoms with Crippen molar-refractivity contribution in [2.75, 3.05) is 65.8 Å². The van der Waals surface area contributed by atoms with E-state index < -0.39 is 32.6 Å². The zero-order valence-corrected chi connectivity index (χ0v) is 22.4. The number of hydrogen-bond acceptors (Lipinski definition) is 12. The first-order chi connectivity index (χ1) is 16.1. The molecule has 1 amide bonds. The van der Waals surface area contributed by atoms with Crippen molar-refractivity contribution >= 4 is 27.1 Å². The van der Waals surface area contributed by atoms with Crippen molar-refractivity contribution in [3.63, 3.8) is 0 Å². The molecule has 0 aromatic rings. The zero-order valence-electron chi connectivity index (χ0n) is 20.6. The van der Waals surface area contributed by atoms with E-state index in [1.807, 2.05) is 0 Å². The summed E-state index contributed by atoms with van der Waals surface area (Å²) in [5.41, 5.74) is -1.68.